The summed E-state index contributed by atoms with van der Waals surface area (Å²) in [6, 6.07) is 58.7. The Morgan fingerprint density at radius 1 is 0.531 bits per heavy atom. The molecule has 0 radical (unpaired) electrons. The van der Waals surface area contributed by atoms with Gasteiger partial charge < -0.3 is 5.32 Å². The number of nitrogens with zero attached hydrogens (tertiary/aromatic N) is 2. The van der Waals surface area contributed by atoms with Crippen molar-refractivity contribution in [2.75, 3.05) is 5.32 Å². The molecule has 3 heteroatoms. The van der Waals surface area contributed by atoms with E-state index in [0.717, 1.165) is 28.1 Å². The second kappa shape index (κ2) is 11.1. The zero-order valence-corrected chi connectivity index (χ0v) is 26.7. The average molecular weight is 626 g/mol. The van der Waals surface area contributed by atoms with E-state index in [-0.39, 0.29) is 6.04 Å². The number of nitrogens with one attached hydrogen (secondary N) is 1. The van der Waals surface area contributed by atoms with E-state index in [9.17, 15) is 0 Å². The topological polar surface area (TPSA) is 29.9 Å². The van der Waals surface area contributed by atoms with Crippen LogP contribution < -0.4 is 5.32 Å². The first-order chi connectivity index (χ1) is 24.3. The summed E-state index contributed by atoms with van der Waals surface area (Å²) < 4.78 is 2.25. The van der Waals surface area contributed by atoms with Gasteiger partial charge in [0.2, 0.25) is 0 Å². The highest BCUT2D eigenvalue weighted by Gasteiger charge is 2.31. The molecule has 2 aliphatic rings. The van der Waals surface area contributed by atoms with Crippen molar-refractivity contribution in [2.45, 2.75) is 6.04 Å². The minimum absolute atomic E-state index is 0.0850. The average Bonchev–Trinajstić information content (AvgIpc) is 3.57. The fourth-order valence-corrected chi connectivity index (χ4v) is 7.71. The number of fused-ring (bicyclic) bond motifs is 7. The predicted molar refractivity (Wildman–Crippen MR) is 204 cm³/mol. The summed E-state index contributed by atoms with van der Waals surface area (Å²) in [5.41, 5.74) is 15.5. The van der Waals surface area contributed by atoms with E-state index in [1.54, 1.807) is 0 Å². The Morgan fingerprint density at radius 2 is 1.20 bits per heavy atom. The van der Waals surface area contributed by atoms with Gasteiger partial charge in [0.25, 0.3) is 0 Å². The molecule has 1 aliphatic heterocycles. The van der Waals surface area contributed by atoms with Gasteiger partial charge in [0.1, 0.15) is 5.82 Å². The van der Waals surface area contributed by atoms with Crippen LogP contribution >= 0.6 is 0 Å². The fourth-order valence-electron chi connectivity index (χ4n) is 7.71. The molecule has 1 aromatic heterocycles. The third-order valence-corrected chi connectivity index (χ3v) is 10.1. The van der Waals surface area contributed by atoms with Crippen LogP contribution in [0.2, 0.25) is 0 Å². The highest BCUT2D eigenvalue weighted by Crippen LogP contribution is 2.49. The van der Waals surface area contributed by atoms with Gasteiger partial charge in [0, 0.05) is 22.2 Å². The molecule has 1 N–H and O–H groups in total. The highest BCUT2D eigenvalue weighted by atomic mass is 15.1. The van der Waals surface area contributed by atoms with E-state index < -0.39 is 0 Å². The number of imidazole rings is 1. The first kappa shape index (κ1) is 27.6. The van der Waals surface area contributed by atoms with Crippen LogP contribution in [0, 0.1) is 0 Å². The normalized spacial score (nSPS) is 14.7. The van der Waals surface area contributed by atoms with E-state index in [4.69, 9.17) is 4.98 Å². The van der Waals surface area contributed by atoms with Crippen molar-refractivity contribution in [3.63, 3.8) is 0 Å². The molecule has 10 rings (SSSR count). The lowest BCUT2D eigenvalue weighted by molar-refractivity contribution is 0.920. The van der Waals surface area contributed by atoms with Gasteiger partial charge in [-0.2, -0.15) is 0 Å². The molecule has 1 aliphatic carbocycles. The van der Waals surface area contributed by atoms with Crippen LogP contribution in [0.1, 0.15) is 28.3 Å². The maximum absolute atomic E-state index is 5.06. The summed E-state index contributed by atoms with van der Waals surface area (Å²) in [6.45, 7) is 0. The zero-order chi connectivity index (χ0) is 32.3. The van der Waals surface area contributed by atoms with Crippen LogP contribution in [0.4, 0.5) is 5.69 Å². The zero-order valence-electron chi connectivity index (χ0n) is 26.7. The molecule has 230 valence electrons. The maximum atomic E-state index is 5.06. The van der Waals surface area contributed by atoms with Gasteiger partial charge >= 0.3 is 0 Å². The van der Waals surface area contributed by atoms with Crippen LogP contribution in [0.5, 0.6) is 0 Å². The van der Waals surface area contributed by atoms with Gasteiger partial charge in [0.05, 0.1) is 22.8 Å². The van der Waals surface area contributed by atoms with Crippen LogP contribution in [-0.4, -0.2) is 9.55 Å². The molecule has 3 nitrogen and oxygen atoms in total. The number of hydrogen-bond acceptors (Lipinski definition) is 2. The fraction of sp³-hybridized carbons (Fsp3) is 0.0217. The number of benzene rings is 7. The van der Waals surface area contributed by atoms with Crippen molar-refractivity contribution in [3.8, 4) is 28.2 Å². The Kier molecular flexibility index (Phi) is 6.25. The van der Waals surface area contributed by atoms with Crippen LogP contribution in [-0.2, 0) is 0 Å². The minimum atomic E-state index is 0.0850. The smallest absolute Gasteiger partial charge is 0.145 e. The lowest BCUT2D eigenvalue weighted by Gasteiger charge is -2.35. The monoisotopic (exact) mass is 625 g/mol. The molecule has 0 saturated heterocycles. The molecule has 1 atom stereocenters. The molecule has 2 heterocycles. The summed E-state index contributed by atoms with van der Waals surface area (Å²) in [5, 5.41) is 6.46. The quantitative estimate of drug-likeness (QED) is 0.211. The lowest BCUT2D eigenvalue weighted by Crippen LogP contribution is -2.22. The minimum Gasteiger partial charge on any atom is -0.373 e. The summed E-state index contributed by atoms with van der Waals surface area (Å²) in [5.74, 6) is 0.941. The first-order valence-electron chi connectivity index (χ1n) is 16.8. The molecule has 49 heavy (non-hydrogen) atoms. The molecular weight excluding hydrogens is 595 g/mol. The van der Waals surface area contributed by atoms with Crippen molar-refractivity contribution in [1.82, 2.24) is 9.55 Å². The Bertz CT molecular complexity index is 2610. The largest absolute Gasteiger partial charge is 0.373 e. The van der Waals surface area contributed by atoms with Crippen LogP contribution in [0.15, 0.2) is 175 Å². The van der Waals surface area contributed by atoms with Crippen molar-refractivity contribution >= 4 is 39.1 Å². The molecule has 0 amide bonds. The highest BCUT2D eigenvalue weighted by molar-refractivity contribution is 6.05. The molecule has 0 spiro atoms. The summed E-state index contributed by atoms with van der Waals surface area (Å²) >= 11 is 0. The second-order valence-electron chi connectivity index (χ2n) is 12.8. The number of aromatic nitrogens is 2. The molecular formula is C46H31N3. The van der Waals surface area contributed by atoms with Crippen molar-refractivity contribution in [1.29, 1.82) is 0 Å². The van der Waals surface area contributed by atoms with Crippen molar-refractivity contribution in [2.24, 2.45) is 0 Å². The third kappa shape index (κ3) is 4.47. The maximum Gasteiger partial charge on any atom is 0.145 e. The van der Waals surface area contributed by atoms with Gasteiger partial charge in [-0.1, -0.05) is 152 Å². The number of para-hydroxylation sites is 3. The van der Waals surface area contributed by atoms with Crippen molar-refractivity contribution in [3.05, 3.63) is 198 Å². The third-order valence-electron chi connectivity index (χ3n) is 10.1. The number of rotatable bonds is 4. The summed E-state index contributed by atoms with van der Waals surface area (Å²) in [6.07, 6.45) is 4.57. The van der Waals surface area contributed by atoms with Crippen LogP contribution in [0.25, 0.3) is 61.7 Å². The Balaban J connectivity index is 1.05. The van der Waals surface area contributed by atoms with E-state index in [0.29, 0.717) is 0 Å². The molecule has 0 bridgehead atoms. The Hall–Kier alpha value is -6.45. The summed E-state index contributed by atoms with van der Waals surface area (Å²) in [4.78, 5) is 5.06. The molecule has 1 unspecified atom stereocenters. The number of hydrogen-bond donors (Lipinski definition) is 1. The van der Waals surface area contributed by atoms with Gasteiger partial charge in [0.15, 0.2) is 0 Å². The standard InChI is InChI=1S/C46H31N3/c1-2-12-36(13-3-1)49-42-17-9-8-16-41(42)47-46(49)35-24-20-31(21-25-35)30-18-22-34(23-19-30)43-39-28-26-32-10-4-6-14-37(32)44(39)48-45-38-15-7-5-11-33(38)27-29-40(43)45/h1-29,44,48H. The van der Waals surface area contributed by atoms with E-state index in [1.807, 2.05) is 6.07 Å². The Labute approximate surface area is 285 Å². The van der Waals surface area contributed by atoms with Gasteiger partial charge in [-0.15, -0.1) is 0 Å². The second-order valence-corrected chi connectivity index (χ2v) is 12.8. The molecule has 0 fully saturated rings. The Morgan fingerprint density at radius 3 is 2.04 bits per heavy atom. The number of anilines is 1. The van der Waals surface area contributed by atoms with Crippen LogP contribution in [0.3, 0.4) is 0 Å². The van der Waals surface area contributed by atoms with E-state index in [1.165, 1.54) is 61.0 Å². The van der Waals surface area contributed by atoms with E-state index in [2.05, 4.69) is 180 Å². The van der Waals surface area contributed by atoms with Gasteiger partial charge in [-0.25, -0.2) is 4.98 Å². The van der Waals surface area contributed by atoms with Gasteiger partial charge in [-0.05, 0) is 68.6 Å². The lowest BCUT2D eigenvalue weighted by atomic mass is 9.78. The molecule has 8 aromatic rings. The molecule has 0 saturated carbocycles. The molecule has 7 aromatic carbocycles. The van der Waals surface area contributed by atoms with Crippen molar-refractivity contribution < 1.29 is 0 Å². The SMILES string of the molecule is C1=Cc2ccccc2C2Nc3c(ccc4ccccc34)C(c3ccc(-c4ccc(-c5nc6ccccc6n5-c5ccccc5)cc4)cc3)=C12. The van der Waals surface area contributed by atoms with E-state index >= 15 is 0 Å². The predicted octanol–water partition coefficient (Wildman–Crippen LogP) is 11.5. The first-order valence-corrected chi connectivity index (χ1v) is 16.8. The van der Waals surface area contributed by atoms with Gasteiger partial charge in [-0.3, -0.25) is 4.57 Å². The summed E-state index contributed by atoms with van der Waals surface area (Å²) in [7, 11) is 0.